The van der Waals surface area contributed by atoms with Gasteiger partial charge in [0, 0.05) is 24.3 Å². The van der Waals surface area contributed by atoms with E-state index >= 15 is 0 Å². The topological polar surface area (TPSA) is 59.1 Å². The average molecular weight is 265 g/mol. The molecular weight excluding hydrogens is 238 g/mol. The van der Waals surface area contributed by atoms with Crippen LogP contribution < -0.4 is 11.3 Å². The number of hydrazine groups is 1. The third kappa shape index (κ3) is 3.16. The predicted octanol–water partition coefficient (Wildman–Crippen LogP) is 1.58. The second kappa shape index (κ2) is 6.03. The lowest BCUT2D eigenvalue weighted by molar-refractivity contribution is 0.0834. The molecule has 1 saturated heterocycles. The minimum Gasteiger partial charge on any atom is -0.296 e. The first kappa shape index (κ1) is 14.5. The van der Waals surface area contributed by atoms with Crippen molar-refractivity contribution < 1.29 is 0 Å². The molecule has 19 heavy (non-hydrogen) atoms. The molecule has 1 fully saturated rings. The Balaban J connectivity index is 2.19. The molecule has 0 aromatic carbocycles. The molecule has 0 amide bonds. The smallest absolute Gasteiger partial charge is 0.0669 e. The largest absolute Gasteiger partial charge is 0.296 e. The van der Waals surface area contributed by atoms with Crippen molar-refractivity contribution in [3.63, 3.8) is 0 Å². The average Bonchev–Trinajstić information content (AvgIpc) is 2.65. The number of hydrogen-bond acceptors (Lipinski definition) is 4. The van der Waals surface area contributed by atoms with Gasteiger partial charge in [-0.1, -0.05) is 12.8 Å². The van der Waals surface area contributed by atoms with Crippen molar-refractivity contribution >= 4 is 0 Å². The summed E-state index contributed by atoms with van der Waals surface area (Å²) in [6.45, 7) is 6.86. The summed E-state index contributed by atoms with van der Waals surface area (Å²) in [6, 6.07) is 0.0966. The van der Waals surface area contributed by atoms with Crippen molar-refractivity contribution in [2.24, 2.45) is 12.9 Å². The first-order valence-corrected chi connectivity index (χ1v) is 7.25. The quantitative estimate of drug-likeness (QED) is 0.641. The van der Waals surface area contributed by atoms with E-state index in [-0.39, 0.29) is 11.6 Å². The van der Waals surface area contributed by atoms with Gasteiger partial charge in [-0.25, -0.2) is 0 Å². The summed E-state index contributed by atoms with van der Waals surface area (Å²) in [6.07, 6.45) is 9.22. The number of nitrogens with zero attached hydrogens (tertiary/aromatic N) is 3. The highest BCUT2D eigenvalue weighted by atomic mass is 15.3. The number of nitrogens with one attached hydrogen (secondary N) is 1. The molecule has 2 heterocycles. The summed E-state index contributed by atoms with van der Waals surface area (Å²) in [4.78, 5) is 2.57. The highest BCUT2D eigenvalue weighted by Crippen LogP contribution is 2.32. The van der Waals surface area contributed by atoms with Crippen LogP contribution >= 0.6 is 0 Å². The summed E-state index contributed by atoms with van der Waals surface area (Å²) in [7, 11) is 1.94. The van der Waals surface area contributed by atoms with Gasteiger partial charge in [-0.15, -0.1) is 0 Å². The first-order chi connectivity index (χ1) is 9.05. The minimum atomic E-state index is -0.0118. The summed E-state index contributed by atoms with van der Waals surface area (Å²) in [5, 5.41) is 4.27. The molecule has 1 aromatic heterocycles. The lowest BCUT2D eigenvalue weighted by Gasteiger charge is -2.43. The SMILES string of the molecule is Cn1cc(C(NN)C(C)(C)N2CCCCCC2)cn1. The van der Waals surface area contributed by atoms with Gasteiger partial charge in [0.05, 0.1) is 12.2 Å². The first-order valence-electron chi connectivity index (χ1n) is 7.25. The van der Waals surface area contributed by atoms with E-state index in [2.05, 4.69) is 29.3 Å². The molecular formula is C14H27N5. The molecule has 3 N–H and O–H groups in total. The number of nitrogens with two attached hydrogens (primary N) is 1. The van der Waals surface area contributed by atoms with E-state index in [1.807, 2.05) is 24.1 Å². The molecule has 2 rings (SSSR count). The van der Waals surface area contributed by atoms with Crippen LogP contribution in [0.25, 0.3) is 0 Å². The van der Waals surface area contributed by atoms with Gasteiger partial charge < -0.3 is 0 Å². The molecule has 5 heteroatoms. The number of aromatic nitrogens is 2. The maximum atomic E-state index is 5.83. The Bertz CT molecular complexity index is 390. The molecule has 1 atom stereocenters. The van der Waals surface area contributed by atoms with Crippen LogP contribution in [0, 0.1) is 0 Å². The van der Waals surface area contributed by atoms with Gasteiger partial charge in [-0.3, -0.25) is 20.9 Å². The van der Waals surface area contributed by atoms with Crippen LogP contribution in [0.2, 0.25) is 0 Å². The van der Waals surface area contributed by atoms with Gasteiger partial charge in [-0.05, 0) is 39.8 Å². The maximum absolute atomic E-state index is 5.83. The Labute approximate surface area is 116 Å². The van der Waals surface area contributed by atoms with Gasteiger partial charge >= 0.3 is 0 Å². The molecule has 0 spiro atoms. The molecule has 1 aliphatic heterocycles. The van der Waals surface area contributed by atoms with Gasteiger partial charge in [0.1, 0.15) is 0 Å². The fourth-order valence-electron chi connectivity index (χ4n) is 3.13. The fourth-order valence-corrected chi connectivity index (χ4v) is 3.13. The Morgan fingerprint density at radius 2 is 1.89 bits per heavy atom. The van der Waals surface area contributed by atoms with Crippen LogP contribution in [0.1, 0.15) is 51.1 Å². The zero-order chi connectivity index (χ0) is 13.9. The summed E-state index contributed by atoms with van der Waals surface area (Å²) < 4.78 is 1.83. The van der Waals surface area contributed by atoms with E-state index in [0.29, 0.717) is 0 Å². The van der Waals surface area contributed by atoms with Crippen LogP contribution in [0.3, 0.4) is 0 Å². The Hall–Kier alpha value is -0.910. The fraction of sp³-hybridized carbons (Fsp3) is 0.786. The third-order valence-electron chi connectivity index (χ3n) is 4.35. The molecule has 0 aliphatic carbocycles. The minimum absolute atomic E-state index is 0.0118. The van der Waals surface area contributed by atoms with E-state index in [4.69, 9.17) is 5.84 Å². The number of aryl methyl sites for hydroxylation is 1. The second-order valence-electron chi connectivity index (χ2n) is 6.10. The lowest BCUT2D eigenvalue weighted by Crippen LogP contribution is -2.54. The van der Waals surface area contributed by atoms with Gasteiger partial charge in [0.2, 0.25) is 0 Å². The monoisotopic (exact) mass is 265 g/mol. The van der Waals surface area contributed by atoms with Gasteiger partial charge in [0.25, 0.3) is 0 Å². The summed E-state index contributed by atoms with van der Waals surface area (Å²) in [5.41, 5.74) is 4.13. The zero-order valence-electron chi connectivity index (χ0n) is 12.4. The van der Waals surface area contributed by atoms with Crippen molar-refractivity contribution in [2.75, 3.05) is 13.1 Å². The molecule has 0 saturated carbocycles. The summed E-state index contributed by atoms with van der Waals surface area (Å²) in [5.74, 6) is 5.83. The van der Waals surface area contributed by atoms with Gasteiger partial charge in [0.15, 0.2) is 0 Å². The van der Waals surface area contributed by atoms with E-state index in [0.717, 1.165) is 18.7 Å². The molecule has 108 valence electrons. The lowest BCUT2D eigenvalue weighted by atomic mass is 9.88. The van der Waals surface area contributed by atoms with E-state index in [9.17, 15) is 0 Å². The molecule has 0 radical (unpaired) electrons. The van der Waals surface area contributed by atoms with Crippen molar-refractivity contribution in [3.8, 4) is 0 Å². The zero-order valence-corrected chi connectivity index (χ0v) is 12.4. The van der Waals surface area contributed by atoms with Crippen molar-refractivity contribution in [1.29, 1.82) is 0 Å². The molecule has 5 nitrogen and oxygen atoms in total. The number of likely N-dealkylation sites (tertiary alicyclic amines) is 1. The Morgan fingerprint density at radius 1 is 1.26 bits per heavy atom. The molecule has 1 aliphatic rings. The van der Waals surface area contributed by atoms with E-state index in [1.54, 1.807) is 0 Å². The molecule has 1 aromatic rings. The highest BCUT2D eigenvalue weighted by molar-refractivity contribution is 5.16. The standard InChI is InChI=1S/C14H27N5/c1-14(2,19-8-6-4-5-7-9-19)13(17-15)12-10-16-18(3)11-12/h10-11,13,17H,4-9,15H2,1-3H3. The van der Waals surface area contributed by atoms with Crippen molar-refractivity contribution in [3.05, 3.63) is 18.0 Å². The van der Waals surface area contributed by atoms with Crippen LogP contribution in [0.15, 0.2) is 12.4 Å². The second-order valence-corrected chi connectivity index (χ2v) is 6.10. The van der Waals surface area contributed by atoms with Gasteiger partial charge in [-0.2, -0.15) is 5.10 Å². The van der Waals surface area contributed by atoms with E-state index < -0.39 is 0 Å². The predicted molar refractivity (Wildman–Crippen MR) is 77.4 cm³/mol. The van der Waals surface area contributed by atoms with Crippen LogP contribution in [-0.2, 0) is 7.05 Å². The normalized spacial score (nSPS) is 20.2. The molecule has 0 bridgehead atoms. The summed E-state index contributed by atoms with van der Waals surface area (Å²) >= 11 is 0. The Kier molecular flexibility index (Phi) is 4.60. The van der Waals surface area contributed by atoms with E-state index in [1.165, 1.54) is 25.7 Å². The van der Waals surface area contributed by atoms with Crippen molar-refractivity contribution in [1.82, 2.24) is 20.1 Å². The van der Waals surface area contributed by atoms with Crippen LogP contribution in [0.5, 0.6) is 0 Å². The number of hydrogen-bond donors (Lipinski definition) is 2. The third-order valence-corrected chi connectivity index (χ3v) is 4.35. The number of rotatable bonds is 4. The Morgan fingerprint density at radius 3 is 2.37 bits per heavy atom. The van der Waals surface area contributed by atoms with Crippen LogP contribution in [-0.4, -0.2) is 33.3 Å². The van der Waals surface area contributed by atoms with Crippen molar-refractivity contribution in [2.45, 2.75) is 51.1 Å². The van der Waals surface area contributed by atoms with Crippen LogP contribution in [0.4, 0.5) is 0 Å². The highest BCUT2D eigenvalue weighted by Gasteiger charge is 2.36. The maximum Gasteiger partial charge on any atom is 0.0669 e. The molecule has 1 unspecified atom stereocenters.